The predicted octanol–water partition coefficient (Wildman–Crippen LogP) is 1.00. The van der Waals surface area contributed by atoms with Crippen molar-refractivity contribution in [2.24, 2.45) is 5.92 Å². The second kappa shape index (κ2) is 2.97. The number of rotatable bonds is 2. The van der Waals surface area contributed by atoms with Gasteiger partial charge in [0.1, 0.15) is 6.29 Å². The number of hydrogen-bond acceptors (Lipinski definition) is 2. The van der Waals surface area contributed by atoms with E-state index in [-0.39, 0.29) is 12.0 Å². The van der Waals surface area contributed by atoms with Crippen molar-refractivity contribution in [3.8, 4) is 0 Å². The zero-order valence-electron chi connectivity index (χ0n) is 5.67. The molecule has 1 aliphatic heterocycles. The molecule has 1 heterocycles. The molecule has 1 aliphatic rings. The molecule has 1 fully saturated rings. The molecule has 9 heavy (non-hydrogen) atoms. The van der Waals surface area contributed by atoms with Crippen molar-refractivity contribution in [2.45, 2.75) is 25.9 Å². The van der Waals surface area contributed by atoms with Gasteiger partial charge in [0.05, 0.1) is 6.10 Å². The van der Waals surface area contributed by atoms with Gasteiger partial charge in [-0.15, -0.1) is 0 Å². The molecule has 1 rings (SSSR count). The van der Waals surface area contributed by atoms with E-state index in [1.165, 1.54) is 0 Å². The fourth-order valence-corrected chi connectivity index (χ4v) is 1.24. The first-order valence-corrected chi connectivity index (χ1v) is 3.45. The lowest BCUT2D eigenvalue weighted by Gasteiger charge is -2.08. The Balaban J connectivity index is 2.41. The van der Waals surface area contributed by atoms with Crippen molar-refractivity contribution >= 4 is 6.29 Å². The van der Waals surface area contributed by atoms with Gasteiger partial charge in [-0.1, -0.05) is 6.92 Å². The average molecular weight is 128 g/mol. The first-order chi connectivity index (χ1) is 4.38. The Morgan fingerprint density at radius 1 is 1.78 bits per heavy atom. The van der Waals surface area contributed by atoms with Crippen molar-refractivity contribution < 1.29 is 9.53 Å². The van der Waals surface area contributed by atoms with E-state index in [0.717, 1.165) is 25.7 Å². The maximum absolute atomic E-state index is 10.3. The summed E-state index contributed by atoms with van der Waals surface area (Å²) in [6.45, 7) is 2.81. The Morgan fingerprint density at radius 3 is 3.00 bits per heavy atom. The standard InChI is InChI=1S/C7H12O2/c1-2-7-6(5-8)3-4-9-7/h5-7H,2-4H2,1H3/t6-,7+/m0/s1. The van der Waals surface area contributed by atoms with E-state index >= 15 is 0 Å². The Labute approximate surface area is 55.2 Å². The highest BCUT2D eigenvalue weighted by atomic mass is 16.5. The van der Waals surface area contributed by atoms with Crippen LogP contribution in [0.4, 0.5) is 0 Å². The largest absolute Gasteiger partial charge is 0.377 e. The van der Waals surface area contributed by atoms with Crippen LogP contribution in [0, 0.1) is 5.92 Å². The summed E-state index contributed by atoms with van der Waals surface area (Å²) in [6.07, 6.45) is 3.11. The van der Waals surface area contributed by atoms with Gasteiger partial charge < -0.3 is 9.53 Å². The van der Waals surface area contributed by atoms with Crippen LogP contribution in [-0.2, 0) is 9.53 Å². The maximum Gasteiger partial charge on any atom is 0.125 e. The fourth-order valence-electron chi connectivity index (χ4n) is 1.24. The Hall–Kier alpha value is -0.370. The van der Waals surface area contributed by atoms with Crippen molar-refractivity contribution in [1.82, 2.24) is 0 Å². The molecule has 52 valence electrons. The predicted molar refractivity (Wildman–Crippen MR) is 34.2 cm³/mol. The van der Waals surface area contributed by atoms with E-state index in [1.807, 2.05) is 6.92 Å². The number of carbonyl (C=O) groups is 1. The van der Waals surface area contributed by atoms with Gasteiger partial charge in [-0.3, -0.25) is 0 Å². The highest BCUT2D eigenvalue weighted by molar-refractivity contribution is 5.54. The molecule has 0 amide bonds. The summed E-state index contributed by atoms with van der Waals surface area (Å²) in [5, 5.41) is 0. The van der Waals surface area contributed by atoms with E-state index in [4.69, 9.17) is 4.74 Å². The molecule has 0 radical (unpaired) electrons. The third-order valence-corrected chi connectivity index (χ3v) is 1.84. The molecule has 0 saturated carbocycles. The minimum absolute atomic E-state index is 0.176. The second-order valence-electron chi connectivity index (χ2n) is 2.41. The van der Waals surface area contributed by atoms with E-state index in [9.17, 15) is 4.79 Å². The summed E-state index contributed by atoms with van der Waals surface area (Å²) in [5.74, 6) is 0.176. The van der Waals surface area contributed by atoms with Crippen LogP contribution in [0.25, 0.3) is 0 Å². The molecule has 0 spiro atoms. The Kier molecular flexibility index (Phi) is 2.22. The van der Waals surface area contributed by atoms with Gasteiger partial charge in [-0.05, 0) is 12.8 Å². The summed E-state index contributed by atoms with van der Waals surface area (Å²) in [4.78, 5) is 10.3. The Bertz CT molecular complexity index is 101. The molecule has 0 aromatic heterocycles. The molecule has 0 bridgehead atoms. The van der Waals surface area contributed by atoms with Gasteiger partial charge in [0.25, 0.3) is 0 Å². The topological polar surface area (TPSA) is 26.3 Å². The van der Waals surface area contributed by atoms with Crippen molar-refractivity contribution in [3.63, 3.8) is 0 Å². The quantitative estimate of drug-likeness (QED) is 0.518. The van der Waals surface area contributed by atoms with Crippen LogP contribution in [0.2, 0.25) is 0 Å². The molecular weight excluding hydrogens is 116 g/mol. The van der Waals surface area contributed by atoms with E-state index in [2.05, 4.69) is 0 Å². The zero-order valence-corrected chi connectivity index (χ0v) is 5.67. The number of hydrogen-bond donors (Lipinski definition) is 0. The van der Waals surface area contributed by atoms with Crippen LogP contribution in [0.15, 0.2) is 0 Å². The maximum atomic E-state index is 10.3. The molecular formula is C7H12O2. The van der Waals surface area contributed by atoms with E-state index in [0.29, 0.717) is 0 Å². The zero-order chi connectivity index (χ0) is 6.69. The van der Waals surface area contributed by atoms with E-state index < -0.39 is 0 Å². The number of aldehydes is 1. The molecule has 0 unspecified atom stereocenters. The SMILES string of the molecule is CC[C@H]1OCC[C@H]1C=O. The summed E-state index contributed by atoms with van der Waals surface area (Å²) in [6, 6.07) is 0. The highest BCUT2D eigenvalue weighted by Gasteiger charge is 2.25. The van der Waals surface area contributed by atoms with Gasteiger partial charge in [-0.2, -0.15) is 0 Å². The van der Waals surface area contributed by atoms with Crippen LogP contribution < -0.4 is 0 Å². The van der Waals surface area contributed by atoms with Crippen molar-refractivity contribution in [1.29, 1.82) is 0 Å². The average Bonchev–Trinajstić information content (AvgIpc) is 2.33. The monoisotopic (exact) mass is 128 g/mol. The third kappa shape index (κ3) is 1.30. The summed E-state index contributed by atoms with van der Waals surface area (Å²) in [7, 11) is 0. The number of carbonyl (C=O) groups excluding carboxylic acids is 1. The molecule has 1 saturated heterocycles. The van der Waals surface area contributed by atoms with Gasteiger partial charge in [-0.25, -0.2) is 0 Å². The van der Waals surface area contributed by atoms with Crippen LogP contribution in [0.1, 0.15) is 19.8 Å². The molecule has 0 aromatic rings. The van der Waals surface area contributed by atoms with Gasteiger partial charge >= 0.3 is 0 Å². The first-order valence-electron chi connectivity index (χ1n) is 3.45. The molecule has 0 aliphatic carbocycles. The third-order valence-electron chi connectivity index (χ3n) is 1.84. The molecule has 2 heteroatoms. The van der Waals surface area contributed by atoms with Crippen molar-refractivity contribution in [3.05, 3.63) is 0 Å². The lowest BCUT2D eigenvalue weighted by molar-refractivity contribution is -0.112. The lowest BCUT2D eigenvalue weighted by atomic mass is 10.0. The van der Waals surface area contributed by atoms with Crippen LogP contribution >= 0.6 is 0 Å². The minimum atomic E-state index is 0.176. The van der Waals surface area contributed by atoms with Gasteiger partial charge in [0.15, 0.2) is 0 Å². The van der Waals surface area contributed by atoms with Gasteiger partial charge in [0.2, 0.25) is 0 Å². The van der Waals surface area contributed by atoms with Crippen LogP contribution in [-0.4, -0.2) is 19.0 Å². The summed E-state index contributed by atoms with van der Waals surface area (Å²) >= 11 is 0. The van der Waals surface area contributed by atoms with Gasteiger partial charge in [0, 0.05) is 12.5 Å². The molecule has 2 nitrogen and oxygen atoms in total. The fraction of sp³-hybridized carbons (Fsp3) is 0.857. The highest BCUT2D eigenvalue weighted by Crippen LogP contribution is 2.20. The lowest BCUT2D eigenvalue weighted by Crippen LogP contribution is -2.15. The summed E-state index contributed by atoms with van der Waals surface area (Å²) < 4.78 is 5.27. The van der Waals surface area contributed by atoms with Crippen LogP contribution in [0.3, 0.4) is 0 Å². The first kappa shape index (κ1) is 6.75. The molecule has 0 aromatic carbocycles. The molecule has 2 atom stereocenters. The van der Waals surface area contributed by atoms with Crippen molar-refractivity contribution in [2.75, 3.05) is 6.61 Å². The smallest absolute Gasteiger partial charge is 0.125 e. The minimum Gasteiger partial charge on any atom is -0.377 e. The van der Waals surface area contributed by atoms with Crippen LogP contribution in [0.5, 0.6) is 0 Å². The summed E-state index contributed by atoms with van der Waals surface area (Å²) in [5.41, 5.74) is 0. The molecule has 0 N–H and O–H groups in total. The second-order valence-corrected chi connectivity index (χ2v) is 2.41. The number of ether oxygens (including phenoxy) is 1. The Morgan fingerprint density at radius 2 is 2.56 bits per heavy atom. The van der Waals surface area contributed by atoms with E-state index in [1.54, 1.807) is 0 Å². The normalized spacial score (nSPS) is 34.8.